The zero-order valence-electron chi connectivity index (χ0n) is 22.5. The summed E-state index contributed by atoms with van der Waals surface area (Å²) in [4.78, 5) is 10.9. The average molecular weight is 676 g/mol. The number of hydrogen-bond acceptors (Lipinski definition) is 8. The van der Waals surface area contributed by atoms with Crippen molar-refractivity contribution in [2.24, 2.45) is 0 Å². The average Bonchev–Trinajstić information content (AvgIpc) is 3.66. The van der Waals surface area contributed by atoms with Gasteiger partial charge in [-0.2, -0.15) is 0 Å². The Labute approximate surface area is 248 Å². The number of anilines is 2. The fourth-order valence-electron chi connectivity index (χ4n) is 4.30. The third-order valence-corrected chi connectivity index (χ3v) is 6.07. The van der Waals surface area contributed by atoms with Gasteiger partial charge in [0.15, 0.2) is 21.5 Å². The molecular formula is C24H32Cl4N6O4Zn. The Morgan fingerprint density at radius 3 is 1.10 bits per heavy atom. The molecule has 0 spiro atoms. The maximum atomic E-state index is 8.90. The summed E-state index contributed by atoms with van der Waals surface area (Å²) in [7, 11) is 23.2. The van der Waals surface area contributed by atoms with E-state index in [1.807, 2.05) is 12.1 Å². The Bertz CT molecular complexity index is 1090. The Morgan fingerprint density at radius 1 is 0.590 bits per heavy atom. The van der Waals surface area contributed by atoms with E-state index in [2.05, 4.69) is 19.8 Å². The molecular weight excluding hydrogens is 644 g/mol. The van der Waals surface area contributed by atoms with Crippen LogP contribution in [0.2, 0.25) is 0 Å². The molecule has 10 nitrogen and oxygen atoms in total. The number of benzene rings is 2. The summed E-state index contributed by atoms with van der Waals surface area (Å²) in [6.07, 6.45) is 4.77. The third kappa shape index (κ3) is 10.1. The quantitative estimate of drug-likeness (QED) is 0.223. The number of diazo groups is 2. The van der Waals surface area contributed by atoms with Gasteiger partial charge in [-0.25, -0.2) is 0 Å². The summed E-state index contributed by atoms with van der Waals surface area (Å²) in [5, 5.41) is 17.8. The van der Waals surface area contributed by atoms with E-state index in [0.29, 0.717) is 34.4 Å². The molecule has 0 N–H and O–H groups in total. The molecule has 0 atom stereocenters. The molecule has 2 saturated heterocycles. The standard InChI is InChI=1S/2C12H16N3O2.4ClH.Zn/c2*1-16-11-8-10(15-5-3-4-6-15)12(17-2)7-9(11)14-13;;;;;/h2*7-8H,3-6H2,1-2H3;4*1H;/q2*+1;;;;;+2/p-4. The minimum atomic E-state index is -3.36. The second-order valence-electron chi connectivity index (χ2n) is 8.59. The monoisotopic (exact) mass is 672 g/mol. The van der Waals surface area contributed by atoms with Gasteiger partial charge in [-0.1, -0.05) is 0 Å². The van der Waals surface area contributed by atoms with Crippen LogP contribution in [-0.2, 0) is 10.8 Å². The van der Waals surface area contributed by atoms with Crippen LogP contribution in [0.4, 0.5) is 22.7 Å². The fourth-order valence-corrected chi connectivity index (χ4v) is 4.30. The van der Waals surface area contributed by atoms with Crippen molar-refractivity contribution in [3.63, 3.8) is 0 Å². The summed E-state index contributed by atoms with van der Waals surface area (Å²) in [6, 6.07) is 7.09. The summed E-state index contributed by atoms with van der Waals surface area (Å²) in [6.45, 7) is 4.09. The van der Waals surface area contributed by atoms with Crippen LogP contribution in [0.15, 0.2) is 24.3 Å². The first kappa shape index (κ1) is 33.1. The van der Waals surface area contributed by atoms with Gasteiger partial charge in [0.1, 0.15) is 0 Å². The number of hydrogen-bond donors (Lipinski definition) is 0. The van der Waals surface area contributed by atoms with Gasteiger partial charge in [0.2, 0.25) is 22.3 Å². The van der Waals surface area contributed by atoms with Crippen LogP contribution in [-0.4, -0.2) is 54.6 Å². The minimum absolute atomic E-state index is 0.382. The molecule has 39 heavy (non-hydrogen) atoms. The van der Waals surface area contributed by atoms with Crippen LogP contribution >= 0.6 is 38.8 Å². The Balaban J connectivity index is 0.000000234. The molecule has 2 heterocycles. The van der Waals surface area contributed by atoms with Crippen molar-refractivity contribution >= 4 is 61.5 Å². The van der Waals surface area contributed by atoms with Gasteiger partial charge in [-0.15, -0.1) is 0 Å². The van der Waals surface area contributed by atoms with Crippen LogP contribution in [0, 0.1) is 10.8 Å². The molecule has 0 amide bonds. The van der Waals surface area contributed by atoms with E-state index in [-0.39, 0.29) is 0 Å². The van der Waals surface area contributed by atoms with Crippen LogP contribution in [0.1, 0.15) is 25.7 Å². The molecule has 0 aliphatic carbocycles. The third-order valence-electron chi connectivity index (χ3n) is 6.07. The first-order valence-electron chi connectivity index (χ1n) is 12.4. The molecule has 0 aromatic heterocycles. The molecule has 4 rings (SSSR count). The second-order valence-corrected chi connectivity index (χ2v) is 36.3. The van der Waals surface area contributed by atoms with Gasteiger partial charge in [-0.05, 0) is 25.7 Å². The zero-order chi connectivity index (χ0) is 29.0. The van der Waals surface area contributed by atoms with Gasteiger partial charge >= 0.3 is 61.0 Å². The Morgan fingerprint density at radius 2 is 0.872 bits per heavy atom. The Hall–Kier alpha value is -2.14. The van der Waals surface area contributed by atoms with E-state index in [9.17, 15) is 0 Å². The van der Waals surface area contributed by atoms with Crippen molar-refractivity contribution in [1.29, 1.82) is 10.8 Å². The van der Waals surface area contributed by atoms with Crippen LogP contribution in [0.25, 0.3) is 9.95 Å². The summed E-state index contributed by atoms with van der Waals surface area (Å²) in [5.74, 6) is 2.52. The normalized spacial score (nSPS) is 14.2. The number of methoxy groups -OCH3 is 4. The predicted octanol–water partition coefficient (Wildman–Crippen LogP) is 8.33. The molecule has 0 bridgehead atoms. The van der Waals surface area contributed by atoms with Crippen molar-refractivity contribution in [1.82, 2.24) is 0 Å². The molecule has 0 unspecified atom stereocenters. The van der Waals surface area contributed by atoms with Gasteiger partial charge in [-0.3, -0.25) is 0 Å². The number of halogens is 4. The fraction of sp³-hybridized carbons (Fsp3) is 0.500. The molecule has 2 aliphatic rings. The van der Waals surface area contributed by atoms with Gasteiger partial charge < -0.3 is 28.7 Å². The van der Waals surface area contributed by atoms with E-state index >= 15 is 0 Å². The van der Waals surface area contributed by atoms with Gasteiger partial charge in [0.25, 0.3) is 0 Å². The van der Waals surface area contributed by atoms with Gasteiger partial charge in [0, 0.05) is 38.3 Å². The molecule has 15 heteroatoms. The summed E-state index contributed by atoms with van der Waals surface area (Å²) >= 11 is 0. The van der Waals surface area contributed by atoms with Gasteiger partial charge in [0.05, 0.1) is 51.9 Å². The van der Waals surface area contributed by atoms with Crippen molar-refractivity contribution in [3.05, 3.63) is 34.2 Å². The maximum absolute atomic E-state index is 8.90. The van der Waals surface area contributed by atoms with Crippen molar-refractivity contribution in [2.45, 2.75) is 25.7 Å². The van der Waals surface area contributed by atoms with Crippen molar-refractivity contribution in [3.8, 4) is 23.0 Å². The first-order valence-corrected chi connectivity index (χ1v) is 28.0. The first-order chi connectivity index (χ1) is 18.6. The van der Waals surface area contributed by atoms with E-state index in [0.717, 1.165) is 37.6 Å². The van der Waals surface area contributed by atoms with E-state index in [1.54, 1.807) is 40.6 Å². The summed E-state index contributed by atoms with van der Waals surface area (Å²) < 4.78 is 21.1. The Kier molecular flexibility index (Phi) is 13.7. The summed E-state index contributed by atoms with van der Waals surface area (Å²) in [5.41, 5.74) is 2.75. The van der Waals surface area contributed by atoms with Crippen molar-refractivity contribution < 1.29 is 29.8 Å². The molecule has 2 aromatic rings. The molecule has 0 radical (unpaired) electrons. The zero-order valence-corrected chi connectivity index (χ0v) is 28.5. The number of nitrogens with zero attached hydrogens (tertiary/aromatic N) is 6. The second kappa shape index (κ2) is 16.2. The van der Waals surface area contributed by atoms with E-state index in [4.69, 9.17) is 68.5 Å². The number of rotatable bonds is 6. The molecule has 2 aromatic carbocycles. The molecule has 2 fully saturated rings. The predicted molar refractivity (Wildman–Crippen MR) is 155 cm³/mol. The van der Waals surface area contributed by atoms with E-state index in [1.165, 1.54) is 25.7 Å². The van der Waals surface area contributed by atoms with Crippen molar-refractivity contribution in [2.75, 3.05) is 64.4 Å². The van der Waals surface area contributed by atoms with Crippen LogP contribution in [0.5, 0.6) is 23.0 Å². The SMILES string of the molecule is COc1cc(N2CCCC2)c(OC)cc1[N+]#N.COc1cc(N2CCCC2)c(OC)cc1[N+]#N.[Cl][Zn-2]([Cl])([Cl])[Cl]. The molecule has 212 valence electrons. The van der Waals surface area contributed by atoms with Crippen LogP contribution < -0.4 is 28.7 Å². The number of ether oxygens (including phenoxy) is 4. The van der Waals surface area contributed by atoms with E-state index < -0.39 is 10.8 Å². The molecule has 2 aliphatic heterocycles. The topological polar surface area (TPSA) is 99.7 Å². The van der Waals surface area contributed by atoms with Crippen LogP contribution in [0.3, 0.4) is 0 Å². The molecule has 0 saturated carbocycles.